The van der Waals surface area contributed by atoms with Crippen LogP contribution < -0.4 is 4.74 Å². The van der Waals surface area contributed by atoms with Crippen LogP contribution in [0.4, 0.5) is 0 Å². The summed E-state index contributed by atoms with van der Waals surface area (Å²) in [6.07, 6.45) is 1.99. The van der Waals surface area contributed by atoms with Crippen LogP contribution in [0.15, 0.2) is 30.5 Å². The summed E-state index contributed by atoms with van der Waals surface area (Å²) in [4.78, 5) is 4.43. The lowest BCUT2D eigenvalue weighted by molar-refractivity contribution is 0.416. The minimum absolute atomic E-state index is 0.437. The highest BCUT2D eigenvalue weighted by Gasteiger charge is 2.15. The first-order chi connectivity index (χ1) is 9.04. The van der Waals surface area contributed by atoms with Crippen LogP contribution in [0.2, 0.25) is 0 Å². The molecule has 0 radical (unpaired) electrons. The molecule has 1 aromatic heterocycles. The zero-order valence-electron chi connectivity index (χ0n) is 12.3. The number of hydrogen-bond acceptors (Lipinski definition) is 2. The first-order valence-electron chi connectivity index (χ1n) is 6.65. The molecule has 0 spiro atoms. The van der Waals surface area contributed by atoms with Gasteiger partial charge in [0.2, 0.25) is 0 Å². The Morgan fingerprint density at radius 3 is 2.53 bits per heavy atom. The molecule has 2 nitrogen and oxygen atoms in total. The first-order valence-corrected chi connectivity index (χ1v) is 6.65. The number of hydrogen-bond donors (Lipinski definition) is 0. The molecule has 0 N–H and O–H groups in total. The Morgan fingerprint density at radius 1 is 1.16 bits per heavy atom. The van der Waals surface area contributed by atoms with Crippen molar-refractivity contribution in [2.45, 2.75) is 33.6 Å². The molecule has 0 aliphatic heterocycles. The summed E-state index contributed by atoms with van der Waals surface area (Å²) >= 11 is 0. The van der Waals surface area contributed by atoms with Gasteiger partial charge < -0.3 is 4.74 Å². The molecule has 0 unspecified atom stereocenters. The molecule has 2 rings (SSSR count). The first kappa shape index (κ1) is 13.6. The lowest BCUT2D eigenvalue weighted by Crippen LogP contribution is -1.99. The van der Waals surface area contributed by atoms with Gasteiger partial charge in [-0.15, -0.1) is 0 Å². The van der Waals surface area contributed by atoms with Crippen molar-refractivity contribution in [2.24, 2.45) is 0 Å². The fourth-order valence-corrected chi connectivity index (χ4v) is 2.40. The van der Waals surface area contributed by atoms with E-state index in [1.165, 1.54) is 22.3 Å². The van der Waals surface area contributed by atoms with E-state index in [4.69, 9.17) is 4.74 Å². The Kier molecular flexibility index (Phi) is 3.89. The molecule has 0 atom stereocenters. The molecule has 0 saturated carbocycles. The predicted octanol–water partition coefficient (Wildman–Crippen LogP) is 4.50. The molecular formula is C17H21NO. The van der Waals surface area contributed by atoms with Gasteiger partial charge in [-0.05, 0) is 48.6 Å². The zero-order valence-corrected chi connectivity index (χ0v) is 12.3. The Morgan fingerprint density at radius 2 is 1.89 bits per heavy atom. The van der Waals surface area contributed by atoms with Crippen molar-refractivity contribution >= 4 is 0 Å². The number of methoxy groups -OCH3 is 1. The zero-order chi connectivity index (χ0) is 14.0. The molecule has 100 valence electrons. The third kappa shape index (κ3) is 2.62. The summed E-state index contributed by atoms with van der Waals surface area (Å²) < 4.78 is 5.53. The second-order valence-electron chi connectivity index (χ2n) is 5.22. The lowest BCUT2D eigenvalue weighted by atomic mass is 9.91. The third-order valence-electron chi connectivity index (χ3n) is 3.42. The van der Waals surface area contributed by atoms with Crippen LogP contribution in [0.3, 0.4) is 0 Å². The molecule has 1 heterocycles. The normalized spacial score (nSPS) is 10.8. The van der Waals surface area contributed by atoms with Crippen LogP contribution in [0, 0.1) is 13.8 Å². The van der Waals surface area contributed by atoms with Gasteiger partial charge in [0.1, 0.15) is 5.75 Å². The number of ether oxygens (including phenoxy) is 1. The Bertz CT molecular complexity index is 588. The molecule has 0 amide bonds. The van der Waals surface area contributed by atoms with Crippen LogP contribution in [-0.2, 0) is 0 Å². The van der Waals surface area contributed by atoms with Gasteiger partial charge in [0.05, 0.1) is 7.11 Å². The topological polar surface area (TPSA) is 22.1 Å². The van der Waals surface area contributed by atoms with Gasteiger partial charge in [-0.3, -0.25) is 4.98 Å². The molecule has 1 aromatic carbocycles. The van der Waals surface area contributed by atoms with E-state index < -0.39 is 0 Å². The Labute approximate surface area is 115 Å². The monoisotopic (exact) mass is 255 g/mol. The van der Waals surface area contributed by atoms with E-state index in [0.717, 1.165) is 11.4 Å². The summed E-state index contributed by atoms with van der Waals surface area (Å²) in [5, 5.41) is 0. The van der Waals surface area contributed by atoms with E-state index in [1.807, 2.05) is 25.3 Å². The van der Waals surface area contributed by atoms with Gasteiger partial charge in [0.25, 0.3) is 0 Å². The predicted molar refractivity (Wildman–Crippen MR) is 79.8 cm³/mol. The van der Waals surface area contributed by atoms with Crippen molar-refractivity contribution in [3.8, 4) is 16.9 Å². The smallest absolute Gasteiger partial charge is 0.126 e. The van der Waals surface area contributed by atoms with Crippen molar-refractivity contribution in [2.75, 3.05) is 7.11 Å². The average molecular weight is 255 g/mol. The van der Waals surface area contributed by atoms with Crippen molar-refractivity contribution in [3.05, 3.63) is 47.3 Å². The quantitative estimate of drug-likeness (QED) is 0.805. The molecule has 0 saturated heterocycles. The largest absolute Gasteiger partial charge is 0.496 e. The molecular weight excluding hydrogens is 234 g/mol. The second kappa shape index (κ2) is 5.43. The van der Waals surface area contributed by atoms with Crippen molar-refractivity contribution in [1.82, 2.24) is 4.98 Å². The van der Waals surface area contributed by atoms with Gasteiger partial charge >= 0.3 is 0 Å². The lowest BCUT2D eigenvalue weighted by Gasteiger charge is -2.17. The van der Waals surface area contributed by atoms with E-state index in [-0.39, 0.29) is 0 Å². The van der Waals surface area contributed by atoms with Gasteiger partial charge in [0, 0.05) is 17.5 Å². The van der Waals surface area contributed by atoms with Crippen molar-refractivity contribution in [3.63, 3.8) is 0 Å². The fraction of sp³-hybridized carbons (Fsp3) is 0.353. The number of pyridine rings is 1. The maximum atomic E-state index is 5.53. The third-order valence-corrected chi connectivity index (χ3v) is 3.42. The summed E-state index contributed by atoms with van der Waals surface area (Å²) in [6.45, 7) is 8.54. The summed E-state index contributed by atoms with van der Waals surface area (Å²) in [5.74, 6) is 1.36. The molecule has 0 aliphatic rings. The van der Waals surface area contributed by atoms with Gasteiger partial charge in [-0.2, -0.15) is 0 Å². The maximum absolute atomic E-state index is 5.53. The highest BCUT2D eigenvalue weighted by atomic mass is 16.5. The second-order valence-corrected chi connectivity index (χ2v) is 5.22. The number of nitrogens with zero attached hydrogens (tertiary/aromatic N) is 1. The summed E-state index contributed by atoms with van der Waals surface area (Å²) in [6, 6.07) is 8.32. The molecule has 2 heteroatoms. The SMILES string of the molecule is COc1cccc(C)c1-c1cc(C)ncc1C(C)C. The van der Waals surface area contributed by atoms with Crippen LogP contribution >= 0.6 is 0 Å². The molecule has 0 bridgehead atoms. The standard InChI is InChI=1S/C17H21NO/c1-11(2)15-10-18-13(4)9-14(15)17-12(3)7-6-8-16(17)19-5/h6-11H,1-5H3. The fourth-order valence-electron chi connectivity index (χ4n) is 2.40. The molecule has 2 aromatic rings. The van der Waals surface area contributed by atoms with Gasteiger partial charge in [-0.25, -0.2) is 0 Å². The van der Waals surface area contributed by atoms with Crippen molar-refractivity contribution in [1.29, 1.82) is 0 Å². The summed E-state index contributed by atoms with van der Waals surface area (Å²) in [5.41, 5.74) is 5.94. The Hall–Kier alpha value is -1.83. The van der Waals surface area contributed by atoms with Crippen LogP contribution in [0.5, 0.6) is 5.75 Å². The number of benzene rings is 1. The number of aromatic nitrogens is 1. The van der Waals surface area contributed by atoms with Crippen molar-refractivity contribution < 1.29 is 4.74 Å². The van der Waals surface area contributed by atoms with E-state index in [0.29, 0.717) is 5.92 Å². The number of aryl methyl sites for hydroxylation is 2. The molecule has 0 fully saturated rings. The maximum Gasteiger partial charge on any atom is 0.126 e. The number of rotatable bonds is 3. The minimum Gasteiger partial charge on any atom is -0.496 e. The Balaban J connectivity index is 2.74. The average Bonchev–Trinajstić information content (AvgIpc) is 2.37. The molecule has 0 aliphatic carbocycles. The van der Waals surface area contributed by atoms with Crippen LogP contribution in [0.25, 0.3) is 11.1 Å². The van der Waals surface area contributed by atoms with E-state index in [1.54, 1.807) is 7.11 Å². The van der Waals surface area contributed by atoms with Gasteiger partial charge in [0.15, 0.2) is 0 Å². The van der Waals surface area contributed by atoms with E-state index in [9.17, 15) is 0 Å². The van der Waals surface area contributed by atoms with E-state index >= 15 is 0 Å². The summed E-state index contributed by atoms with van der Waals surface area (Å²) in [7, 11) is 1.72. The van der Waals surface area contributed by atoms with Crippen LogP contribution in [-0.4, -0.2) is 12.1 Å². The minimum atomic E-state index is 0.437. The molecule has 19 heavy (non-hydrogen) atoms. The van der Waals surface area contributed by atoms with Gasteiger partial charge in [-0.1, -0.05) is 26.0 Å². The van der Waals surface area contributed by atoms with E-state index in [2.05, 4.69) is 37.9 Å². The highest BCUT2D eigenvalue weighted by molar-refractivity contribution is 5.76. The highest BCUT2D eigenvalue weighted by Crippen LogP contribution is 2.37. The van der Waals surface area contributed by atoms with Crippen LogP contribution in [0.1, 0.15) is 36.6 Å².